The number of nitrogens with zero attached hydrogens (tertiary/aromatic N) is 4. The van der Waals surface area contributed by atoms with E-state index >= 15 is 0 Å². The molecule has 4 rings (SSSR count). The van der Waals surface area contributed by atoms with Crippen molar-refractivity contribution < 1.29 is 31.9 Å². The minimum Gasteiger partial charge on any atom is -0.349 e. The highest BCUT2D eigenvalue weighted by molar-refractivity contribution is 6.10. The first kappa shape index (κ1) is 25.2. The van der Waals surface area contributed by atoms with Crippen molar-refractivity contribution in [1.82, 2.24) is 9.80 Å². The van der Waals surface area contributed by atoms with Gasteiger partial charge in [0.05, 0.1) is 22.9 Å². The van der Waals surface area contributed by atoms with Crippen LogP contribution in [0.4, 0.5) is 23.2 Å². The van der Waals surface area contributed by atoms with Crippen LogP contribution in [0.1, 0.15) is 29.5 Å². The Bertz CT molecular complexity index is 1260. The first-order chi connectivity index (χ1) is 16.9. The van der Waals surface area contributed by atoms with E-state index < -0.39 is 47.4 Å². The molecule has 2 fully saturated rings. The van der Waals surface area contributed by atoms with Gasteiger partial charge in [-0.1, -0.05) is 12.1 Å². The summed E-state index contributed by atoms with van der Waals surface area (Å²) < 4.78 is 53.6. The molecule has 1 saturated heterocycles. The molecule has 2 aromatic carbocycles. The molecule has 2 aromatic rings. The maximum absolute atomic E-state index is 14.8. The fourth-order valence-corrected chi connectivity index (χ4v) is 4.80. The van der Waals surface area contributed by atoms with Gasteiger partial charge < -0.3 is 9.80 Å². The third kappa shape index (κ3) is 4.27. The first-order valence-electron chi connectivity index (χ1n) is 11.1. The number of benzene rings is 2. The molecule has 1 saturated carbocycles. The topological polar surface area (TPSA) is 84.7 Å². The van der Waals surface area contributed by atoms with Crippen LogP contribution < -0.4 is 4.90 Å². The van der Waals surface area contributed by atoms with Gasteiger partial charge in [-0.25, -0.2) is 4.39 Å². The number of alkyl halides is 3. The Morgan fingerprint density at radius 1 is 1.14 bits per heavy atom. The van der Waals surface area contributed by atoms with E-state index in [0.29, 0.717) is 5.56 Å². The number of carbonyl (C=O) groups excluding carboxylic acids is 3. The van der Waals surface area contributed by atoms with Crippen molar-refractivity contribution >= 4 is 23.4 Å². The lowest BCUT2D eigenvalue weighted by Crippen LogP contribution is -2.73. The van der Waals surface area contributed by atoms with Crippen molar-refractivity contribution in [3.8, 4) is 6.07 Å². The zero-order chi connectivity index (χ0) is 26.4. The van der Waals surface area contributed by atoms with Gasteiger partial charge in [0.2, 0.25) is 11.8 Å². The lowest BCUT2D eigenvalue weighted by Gasteiger charge is -2.56. The van der Waals surface area contributed by atoms with Crippen LogP contribution in [0.25, 0.3) is 0 Å². The molecule has 3 amide bonds. The average Bonchev–Trinajstić information content (AvgIpc) is 2.79. The van der Waals surface area contributed by atoms with Gasteiger partial charge in [0.25, 0.3) is 5.91 Å². The molecule has 1 spiro atoms. The fourth-order valence-electron chi connectivity index (χ4n) is 4.80. The molecule has 1 heterocycles. The van der Waals surface area contributed by atoms with E-state index in [1.165, 1.54) is 34.1 Å². The monoisotopic (exact) mass is 502 g/mol. The Balaban J connectivity index is 1.68. The van der Waals surface area contributed by atoms with Crippen molar-refractivity contribution in [3.05, 3.63) is 65.0 Å². The van der Waals surface area contributed by atoms with Crippen LogP contribution in [0, 0.1) is 23.1 Å². The second-order valence-corrected chi connectivity index (χ2v) is 9.21. The molecular weight excluding hydrogens is 480 g/mol. The average molecular weight is 502 g/mol. The molecule has 1 aliphatic heterocycles. The zero-order valence-electron chi connectivity index (χ0n) is 19.5. The Morgan fingerprint density at radius 3 is 2.31 bits per heavy atom. The SMILES string of the molecule is CN(C)C(=O)[C@H]1C[C@]2(C1)C(=O)N(c1ccc(C#N)cc1F)CC(=O)N2Cc1ccc(C(F)(F)F)cc1. The molecule has 7 nitrogen and oxygen atoms in total. The smallest absolute Gasteiger partial charge is 0.349 e. The Hall–Kier alpha value is -3.94. The molecule has 0 bridgehead atoms. The second kappa shape index (κ2) is 8.93. The van der Waals surface area contributed by atoms with Gasteiger partial charge in [-0.05, 0) is 48.7 Å². The van der Waals surface area contributed by atoms with Crippen LogP contribution >= 0.6 is 0 Å². The number of carbonyl (C=O) groups is 3. The van der Waals surface area contributed by atoms with Crippen molar-refractivity contribution in [1.29, 1.82) is 5.26 Å². The Labute approximate surface area is 204 Å². The van der Waals surface area contributed by atoms with Crippen LogP contribution in [0.3, 0.4) is 0 Å². The third-order valence-corrected chi connectivity index (χ3v) is 6.70. The van der Waals surface area contributed by atoms with Gasteiger partial charge in [0.1, 0.15) is 17.9 Å². The number of nitriles is 1. The highest BCUT2D eigenvalue weighted by atomic mass is 19.4. The molecule has 0 atom stereocenters. The summed E-state index contributed by atoms with van der Waals surface area (Å²) in [4.78, 5) is 43.2. The summed E-state index contributed by atoms with van der Waals surface area (Å²) in [5, 5.41) is 8.99. The van der Waals surface area contributed by atoms with Crippen LogP contribution in [0.5, 0.6) is 0 Å². The number of halogens is 4. The normalized spacial score (nSPS) is 21.9. The van der Waals surface area contributed by atoms with Crippen LogP contribution in [0.2, 0.25) is 0 Å². The maximum atomic E-state index is 14.8. The minimum atomic E-state index is -4.52. The van der Waals surface area contributed by atoms with E-state index in [0.717, 1.165) is 23.1 Å². The highest BCUT2D eigenvalue weighted by Crippen LogP contribution is 2.48. The number of hydrogen-bond donors (Lipinski definition) is 0. The predicted molar refractivity (Wildman–Crippen MR) is 120 cm³/mol. The molecule has 11 heteroatoms. The molecule has 2 aliphatic rings. The number of amides is 3. The quantitative estimate of drug-likeness (QED) is 0.601. The highest BCUT2D eigenvalue weighted by Gasteiger charge is 2.61. The van der Waals surface area contributed by atoms with Crippen LogP contribution in [-0.2, 0) is 27.1 Å². The predicted octanol–water partition coefficient (Wildman–Crippen LogP) is 3.33. The first-order valence-corrected chi connectivity index (χ1v) is 11.1. The molecule has 1 aliphatic carbocycles. The van der Waals surface area contributed by atoms with Crippen LogP contribution in [0.15, 0.2) is 42.5 Å². The van der Waals surface area contributed by atoms with E-state index in [1.807, 2.05) is 0 Å². The van der Waals surface area contributed by atoms with Gasteiger partial charge in [0.15, 0.2) is 0 Å². The summed E-state index contributed by atoms with van der Waals surface area (Å²) in [5.41, 5.74) is -2.03. The number of piperazine rings is 1. The molecule has 0 aromatic heterocycles. The molecule has 0 radical (unpaired) electrons. The Morgan fingerprint density at radius 2 is 1.78 bits per heavy atom. The van der Waals surface area contributed by atoms with Gasteiger partial charge in [-0.15, -0.1) is 0 Å². The Kier molecular flexibility index (Phi) is 6.24. The maximum Gasteiger partial charge on any atom is 0.416 e. The molecular formula is C25H22F4N4O3. The molecule has 0 N–H and O–H groups in total. The summed E-state index contributed by atoms with van der Waals surface area (Å²) in [6.07, 6.45) is -4.51. The van der Waals surface area contributed by atoms with Gasteiger partial charge in [0, 0.05) is 26.6 Å². The number of rotatable bonds is 4. The van der Waals surface area contributed by atoms with E-state index in [2.05, 4.69) is 0 Å². The molecule has 0 unspecified atom stereocenters. The zero-order valence-corrected chi connectivity index (χ0v) is 19.5. The van der Waals surface area contributed by atoms with E-state index in [9.17, 15) is 31.9 Å². The standard InChI is InChI=1S/C25H22F4N4O3/c1-31(2)22(35)17-10-24(11-17)23(36)32(20-8-5-16(12-30)9-19(20)26)14-21(34)33(24)13-15-3-6-18(7-4-15)25(27,28)29/h3-9,17H,10-11,13-14H2,1-2H3/t17-,24-. The summed E-state index contributed by atoms with van der Waals surface area (Å²) >= 11 is 0. The fraction of sp³-hybridized carbons (Fsp3) is 0.360. The van der Waals surface area contributed by atoms with E-state index in [4.69, 9.17) is 5.26 Å². The lowest BCUT2D eigenvalue weighted by molar-refractivity contribution is -0.166. The summed E-state index contributed by atoms with van der Waals surface area (Å²) in [6, 6.07) is 9.62. The van der Waals surface area contributed by atoms with E-state index in [1.54, 1.807) is 20.2 Å². The van der Waals surface area contributed by atoms with Crippen molar-refractivity contribution in [2.75, 3.05) is 25.5 Å². The van der Waals surface area contributed by atoms with Gasteiger partial charge in [-0.2, -0.15) is 18.4 Å². The largest absolute Gasteiger partial charge is 0.416 e. The summed E-state index contributed by atoms with van der Waals surface area (Å²) in [5.74, 6) is -2.73. The number of hydrogen-bond acceptors (Lipinski definition) is 4. The van der Waals surface area contributed by atoms with E-state index in [-0.39, 0.29) is 36.5 Å². The lowest BCUT2D eigenvalue weighted by atomic mass is 9.64. The summed E-state index contributed by atoms with van der Waals surface area (Å²) in [6.45, 7) is -0.633. The minimum absolute atomic E-state index is 0.00359. The molecule has 188 valence electrons. The van der Waals surface area contributed by atoms with Crippen LogP contribution in [-0.4, -0.2) is 53.7 Å². The number of anilines is 1. The summed E-state index contributed by atoms with van der Waals surface area (Å²) in [7, 11) is 3.14. The van der Waals surface area contributed by atoms with Gasteiger partial charge >= 0.3 is 6.18 Å². The second-order valence-electron chi connectivity index (χ2n) is 9.21. The van der Waals surface area contributed by atoms with Crippen molar-refractivity contribution in [3.63, 3.8) is 0 Å². The third-order valence-electron chi connectivity index (χ3n) is 6.70. The van der Waals surface area contributed by atoms with Gasteiger partial charge in [-0.3, -0.25) is 19.3 Å². The molecule has 36 heavy (non-hydrogen) atoms. The van der Waals surface area contributed by atoms with Crippen molar-refractivity contribution in [2.24, 2.45) is 5.92 Å². The van der Waals surface area contributed by atoms with Crippen molar-refractivity contribution in [2.45, 2.75) is 31.1 Å².